The predicted octanol–water partition coefficient (Wildman–Crippen LogP) is 1.83. The zero-order valence-corrected chi connectivity index (χ0v) is 14.2. The van der Waals surface area contributed by atoms with Gasteiger partial charge in [-0.1, -0.05) is 12.1 Å². The van der Waals surface area contributed by atoms with Crippen molar-refractivity contribution in [2.75, 3.05) is 11.9 Å². The van der Waals surface area contributed by atoms with Crippen LogP contribution in [0.1, 0.15) is 43.6 Å². The van der Waals surface area contributed by atoms with Gasteiger partial charge in [0.15, 0.2) is 0 Å². The van der Waals surface area contributed by atoms with Gasteiger partial charge < -0.3 is 19.7 Å². The highest BCUT2D eigenvalue weighted by Crippen LogP contribution is 2.38. The van der Waals surface area contributed by atoms with Crippen LogP contribution in [0, 0.1) is 0 Å². The Bertz CT molecular complexity index is 737. The number of ketones is 1. The number of nitrogens with one attached hydrogen (secondary N) is 1. The highest BCUT2D eigenvalue weighted by molar-refractivity contribution is 6.56. The van der Waals surface area contributed by atoms with Gasteiger partial charge in [0.2, 0.25) is 0 Å². The van der Waals surface area contributed by atoms with Crippen molar-refractivity contribution in [3.05, 3.63) is 34.8 Å². The molecule has 1 saturated heterocycles. The van der Waals surface area contributed by atoms with E-state index >= 15 is 0 Å². The highest BCUT2D eigenvalue weighted by atomic mass is 16.7. The van der Waals surface area contributed by atoms with E-state index < -0.39 is 30.0 Å². The number of Topliss-reactive ketones (excluding diaryl/α,β-unsaturated/α-hetero) is 1. The van der Waals surface area contributed by atoms with Crippen LogP contribution in [0.2, 0.25) is 0 Å². The van der Waals surface area contributed by atoms with Crippen LogP contribution in [0.4, 0.5) is 5.69 Å². The van der Waals surface area contributed by atoms with Crippen LogP contribution in [0.5, 0.6) is 0 Å². The third-order valence-electron chi connectivity index (χ3n) is 4.83. The summed E-state index contributed by atoms with van der Waals surface area (Å²) in [5.74, 6) is -1.16. The molecule has 6 nitrogen and oxygen atoms in total. The molecule has 126 valence electrons. The van der Waals surface area contributed by atoms with Crippen LogP contribution in [-0.2, 0) is 14.1 Å². The lowest BCUT2D eigenvalue weighted by Gasteiger charge is -2.32. The Balaban J connectivity index is 1.89. The molecule has 0 unspecified atom stereocenters. The zero-order valence-electron chi connectivity index (χ0n) is 14.2. The molecule has 2 heterocycles. The average molecular weight is 329 g/mol. The first-order valence-corrected chi connectivity index (χ1v) is 7.81. The van der Waals surface area contributed by atoms with Gasteiger partial charge in [0.1, 0.15) is 0 Å². The van der Waals surface area contributed by atoms with Crippen LogP contribution in [-0.4, -0.2) is 41.7 Å². The van der Waals surface area contributed by atoms with E-state index in [0.717, 1.165) is 5.56 Å². The number of rotatable bonds is 3. The molecule has 2 N–H and O–H groups in total. The summed E-state index contributed by atoms with van der Waals surface area (Å²) >= 11 is 0. The number of aliphatic hydroxyl groups is 1. The second-order valence-corrected chi connectivity index (χ2v) is 7.05. The summed E-state index contributed by atoms with van der Waals surface area (Å²) in [6.45, 7) is 7.55. The number of amides is 1. The Hall–Kier alpha value is -1.96. The van der Waals surface area contributed by atoms with Crippen molar-refractivity contribution in [3.8, 4) is 0 Å². The molecule has 0 bridgehead atoms. The van der Waals surface area contributed by atoms with E-state index in [-0.39, 0.29) is 6.61 Å². The fraction of sp³-hybridized carbons (Fsp3) is 0.412. The maximum atomic E-state index is 11.6. The first kappa shape index (κ1) is 16.9. The smallest absolute Gasteiger partial charge is 0.400 e. The molecule has 1 fully saturated rings. The van der Waals surface area contributed by atoms with Gasteiger partial charge in [0.25, 0.3) is 11.7 Å². The minimum atomic E-state index is -0.649. The summed E-state index contributed by atoms with van der Waals surface area (Å²) in [5.41, 5.74) is 1.16. The molecular weight excluding hydrogens is 309 g/mol. The summed E-state index contributed by atoms with van der Waals surface area (Å²) < 4.78 is 11.9. The lowest BCUT2D eigenvalue weighted by molar-refractivity contribution is -0.112. The van der Waals surface area contributed by atoms with Gasteiger partial charge in [-0.2, -0.15) is 0 Å². The molecule has 0 aliphatic carbocycles. The molecule has 0 radical (unpaired) electrons. The van der Waals surface area contributed by atoms with Crippen molar-refractivity contribution in [1.82, 2.24) is 0 Å². The Morgan fingerprint density at radius 1 is 1.21 bits per heavy atom. The standard InChI is InChI=1S/C17H20BNO5/c1-16(2)17(3,4)24-18(23-16)11(9-20)7-10-5-6-12-13(8-10)19-15(22)14(12)21/h5-8,20H,9H2,1-4H3,(H,19,21,22). The molecule has 1 amide bonds. The maximum Gasteiger partial charge on any atom is 0.492 e. The molecule has 7 heteroatoms. The highest BCUT2D eigenvalue weighted by Gasteiger charge is 2.52. The van der Waals surface area contributed by atoms with Crippen LogP contribution in [0.3, 0.4) is 0 Å². The molecule has 0 aromatic heterocycles. The van der Waals surface area contributed by atoms with Gasteiger partial charge in [-0.05, 0) is 50.9 Å². The maximum absolute atomic E-state index is 11.6. The molecule has 0 spiro atoms. The van der Waals surface area contributed by atoms with Crippen LogP contribution in [0.25, 0.3) is 6.08 Å². The molecular formula is C17H20BNO5. The number of hydrogen-bond acceptors (Lipinski definition) is 5. The number of anilines is 1. The van der Waals surface area contributed by atoms with Crippen LogP contribution in [0.15, 0.2) is 23.7 Å². The van der Waals surface area contributed by atoms with E-state index in [4.69, 9.17) is 9.31 Å². The fourth-order valence-electron chi connectivity index (χ4n) is 2.65. The lowest BCUT2D eigenvalue weighted by atomic mass is 9.77. The molecule has 24 heavy (non-hydrogen) atoms. The van der Waals surface area contributed by atoms with Gasteiger partial charge in [0, 0.05) is 0 Å². The third kappa shape index (κ3) is 2.68. The minimum Gasteiger partial charge on any atom is -0.400 e. The van der Waals surface area contributed by atoms with Crippen molar-refractivity contribution in [2.45, 2.75) is 38.9 Å². The molecule has 2 aliphatic heterocycles. The first-order valence-electron chi connectivity index (χ1n) is 7.81. The number of carbonyl (C=O) groups is 2. The topological polar surface area (TPSA) is 84.9 Å². The van der Waals surface area contributed by atoms with Gasteiger partial charge in [0.05, 0.1) is 29.1 Å². The first-order chi connectivity index (χ1) is 11.1. The Kier molecular flexibility index (Phi) is 3.90. The predicted molar refractivity (Wildman–Crippen MR) is 90.5 cm³/mol. The number of hydrogen-bond donors (Lipinski definition) is 2. The van der Waals surface area contributed by atoms with E-state index in [1.54, 1.807) is 24.3 Å². The Morgan fingerprint density at radius 2 is 1.83 bits per heavy atom. The second-order valence-electron chi connectivity index (χ2n) is 7.05. The average Bonchev–Trinajstić information content (AvgIpc) is 2.89. The van der Waals surface area contributed by atoms with E-state index in [1.807, 2.05) is 27.7 Å². The summed E-state index contributed by atoms with van der Waals surface area (Å²) in [6.07, 6.45) is 1.75. The number of benzene rings is 1. The van der Waals surface area contributed by atoms with Gasteiger partial charge in [-0.25, -0.2) is 0 Å². The van der Waals surface area contributed by atoms with Crippen molar-refractivity contribution < 1.29 is 24.0 Å². The second kappa shape index (κ2) is 5.55. The van der Waals surface area contributed by atoms with Gasteiger partial charge in [-0.3, -0.25) is 9.59 Å². The normalized spacial score (nSPS) is 21.9. The number of aliphatic hydroxyl groups excluding tert-OH is 1. The van der Waals surface area contributed by atoms with E-state index in [0.29, 0.717) is 16.7 Å². The van der Waals surface area contributed by atoms with E-state index in [1.165, 1.54) is 0 Å². The van der Waals surface area contributed by atoms with E-state index in [9.17, 15) is 14.7 Å². The molecule has 0 saturated carbocycles. The van der Waals surface area contributed by atoms with Crippen molar-refractivity contribution in [2.24, 2.45) is 0 Å². The molecule has 1 aromatic carbocycles. The molecule has 2 aliphatic rings. The monoisotopic (exact) mass is 329 g/mol. The van der Waals surface area contributed by atoms with Gasteiger partial charge >= 0.3 is 7.12 Å². The summed E-state index contributed by atoms with van der Waals surface area (Å²) in [7, 11) is -0.649. The minimum absolute atomic E-state index is 0.223. The zero-order chi connectivity index (χ0) is 17.7. The Labute approximate surface area is 141 Å². The fourth-order valence-corrected chi connectivity index (χ4v) is 2.65. The van der Waals surface area contributed by atoms with Crippen molar-refractivity contribution in [3.63, 3.8) is 0 Å². The lowest BCUT2D eigenvalue weighted by Crippen LogP contribution is -2.41. The van der Waals surface area contributed by atoms with Gasteiger partial charge in [-0.15, -0.1) is 0 Å². The van der Waals surface area contributed by atoms with Crippen molar-refractivity contribution >= 4 is 30.6 Å². The summed E-state index contributed by atoms with van der Waals surface area (Å²) in [4.78, 5) is 23.0. The number of fused-ring (bicyclic) bond motifs is 1. The summed E-state index contributed by atoms with van der Waals surface area (Å²) in [5, 5.41) is 12.2. The van der Waals surface area contributed by atoms with Crippen LogP contribution < -0.4 is 5.32 Å². The number of carbonyl (C=O) groups excluding carboxylic acids is 2. The SMILES string of the molecule is CC1(C)OB(C(=Cc2ccc3c(c2)NC(=O)C3=O)CO)OC1(C)C. The molecule has 3 rings (SSSR count). The van der Waals surface area contributed by atoms with Crippen molar-refractivity contribution in [1.29, 1.82) is 0 Å². The quantitative estimate of drug-likeness (QED) is 0.653. The Morgan fingerprint density at radius 3 is 2.42 bits per heavy atom. The third-order valence-corrected chi connectivity index (χ3v) is 4.83. The molecule has 0 atom stereocenters. The molecule has 1 aromatic rings. The largest absolute Gasteiger partial charge is 0.492 e. The van der Waals surface area contributed by atoms with Crippen LogP contribution >= 0.6 is 0 Å². The summed E-state index contributed by atoms with van der Waals surface area (Å²) in [6, 6.07) is 5.01. The van der Waals surface area contributed by atoms with E-state index in [2.05, 4.69) is 5.32 Å².